The number of halogens is 2. The molecule has 1 aromatic heterocycles. The van der Waals surface area contributed by atoms with Crippen LogP contribution in [0.2, 0.25) is 5.02 Å². The van der Waals surface area contributed by atoms with Crippen molar-refractivity contribution in [1.29, 1.82) is 0 Å². The molecule has 59 valence electrons. The molecular weight excluding hydrogens is 239 g/mol. The van der Waals surface area contributed by atoms with E-state index in [0.717, 1.165) is 15.4 Å². The molecule has 0 aliphatic carbocycles. The Morgan fingerprint density at radius 2 is 2.25 bits per heavy atom. The van der Waals surface area contributed by atoms with Gasteiger partial charge in [-0.25, -0.2) is 9.97 Å². The zero-order valence-corrected chi connectivity index (χ0v) is 8.22. The van der Waals surface area contributed by atoms with Crippen LogP contribution in [0.25, 0.3) is 10.9 Å². The highest BCUT2D eigenvalue weighted by molar-refractivity contribution is 9.10. The minimum absolute atomic E-state index is 0.648. The maximum absolute atomic E-state index is 5.87. The molecule has 2 aromatic rings. The van der Waals surface area contributed by atoms with Gasteiger partial charge in [0.1, 0.15) is 12.5 Å². The fourth-order valence-corrected chi connectivity index (χ4v) is 1.42. The maximum atomic E-state index is 5.87. The molecule has 0 saturated carbocycles. The summed E-state index contributed by atoms with van der Waals surface area (Å²) in [5, 5.41) is 1.50. The van der Waals surface area contributed by atoms with E-state index in [2.05, 4.69) is 32.1 Å². The molecule has 0 saturated heterocycles. The smallest absolute Gasteiger partial charge is 0.116 e. The minimum atomic E-state index is 0.648. The minimum Gasteiger partial charge on any atom is -0.236 e. The number of fused-ring (bicyclic) bond motifs is 1. The Balaban J connectivity index is 2.84. The Morgan fingerprint density at radius 3 is 3.08 bits per heavy atom. The molecule has 0 bridgehead atoms. The lowest BCUT2D eigenvalue weighted by Crippen LogP contribution is -1.81. The van der Waals surface area contributed by atoms with Crippen LogP contribution in [-0.2, 0) is 0 Å². The van der Waals surface area contributed by atoms with E-state index in [1.165, 1.54) is 6.33 Å². The van der Waals surface area contributed by atoms with Crippen molar-refractivity contribution >= 4 is 38.4 Å². The summed E-state index contributed by atoms with van der Waals surface area (Å²) in [5.74, 6) is 0. The quantitative estimate of drug-likeness (QED) is 0.710. The average molecular weight is 242 g/mol. The van der Waals surface area contributed by atoms with Crippen LogP contribution in [0.3, 0.4) is 0 Å². The third-order valence-electron chi connectivity index (χ3n) is 1.48. The van der Waals surface area contributed by atoms with Gasteiger partial charge in [0.25, 0.3) is 0 Å². The van der Waals surface area contributed by atoms with E-state index in [1.807, 2.05) is 6.07 Å². The molecule has 0 aliphatic rings. The van der Waals surface area contributed by atoms with Gasteiger partial charge in [-0.05, 0) is 28.1 Å². The highest BCUT2D eigenvalue weighted by atomic mass is 79.9. The van der Waals surface area contributed by atoms with Crippen molar-refractivity contribution in [2.45, 2.75) is 0 Å². The first kappa shape index (κ1) is 7.95. The SMILES string of the molecule is Clc1cc2ncn[c]c2cc1Br. The second-order valence-corrected chi connectivity index (χ2v) is 3.53. The summed E-state index contributed by atoms with van der Waals surface area (Å²) in [7, 11) is 0. The van der Waals surface area contributed by atoms with E-state index in [9.17, 15) is 0 Å². The summed E-state index contributed by atoms with van der Waals surface area (Å²) in [4.78, 5) is 7.82. The van der Waals surface area contributed by atoms with Gasteiger partial charge in [-0.15, -0.1) is 0 Å². The van der Waals surface area contributed by atoms with E-state index >= 15 is 0 Å². The normalized spacial score (nSPS) is 10.5. The Morgan fingerprint density at radius 1 is 1.42 bits per heavy atom. The van der Waals surface area contributed by atoms with Crippen LogP contribution in [0.1, 0.15) is 0 Å². The van der Waals surface area contributed by atoms with E-state index in [4.69, 9.17) is 11.6 Å². The van der Waals surface area contributed by atoms with Crippen LogP contribution in [-0.4, -0.2) is 9.97 Å². The van der Waals surface area contributed by atoms with Crippen molar-refractivity contribution in [3.8, 4) is 0 Å². The lowest BCUT2D eigenvalue weighted by Gasteiger charge is -1.97. The summed E-state index contributed by atoms with van der Waals surface area (Å²) < 4.78 is 0.836. The zero-order chi connectivity index (χ0) is 8.55. The molecule has 0 amide bonds. The molecule has 12 heavy (non-hydrogen) atoms. The molecule has 2 nitrogen and oxygen atoms in total. The van der Waals surface area contributed by atoms with Crippen molar-refractivity contribution < 1.29 is 0 Å². The second-order valence-electron chi connectivity index (χ2n) is 2.27. The topological polar surface area (TPSA) is 25.8 Å². The van der Waals surface area contributed by atoms with Gasteiger partial charge in [0, 0.05) is 9.86 Å². The summed E-state index contributed by atoms with van der Waals surface area (Å²) in [6.45, 7) is 0. The average Bonchev–Trinajstić information content (AvgIpc) is 2.07. The standard InChI is InChI=1S/C8H3BrClN2/c9-6-1-5-3-11-4-12-8(5)2-7(6)10/h1-2,4H. The molecule has 0 atom stereocenters. The van der Waals surface area contributed by atoms with Gasteiger partial charge in [0.2, 0.25) is 0 Å². The monoisotopic (exact) mass is 241 g/mol. The van der Waals surface area contributed by atoms with Crippen molar-refractivity contribution in [3.05, 3.63) is 34.2 Å². The van der Waals surface area contributed by atoms with Gasteiger partial charge in [-0.3, -0.25) is 0 Å². The number of aromatic nitrogens is 2. The van der Waals surface area contributed by atoms with E-state index in [0.29, 0.717) is 5.02 Å². The zero-order valence-electron chi connectivity index (χ0n) is 5.88. The van der Waals surface area contributed by atoms with Crippen molar-refractivity contribution in [1.82, 2.24) is 9.97 Å². The molecule has 0 unspecified atom stereocenters. The summed E-state index contributed by atoms with van der Waals surface area (Å²) in [5.41, 5.74) is 0.804. The van der Waals surface area contributed by atoms with Crippen LogP contribution in [0.15, 0.2) is 22.9 Å². The first-order valence-electron chi connectivity index (χ1n) is 3.25. The Labute approximate surface area is 82.7 Å². The van der Waals surface area contributed by atoms with Crippen molar-refractivity contribution in [2.75, 3.05) is 0 Å². The third kappa shape index (κ3) is 1.30. The molecule has 2 rings (SSSR count). The number of benzene rings is 1. The van der Waals surface area contributed by atoms with Crippen LogP contribution in [0.4, 0.5) is 0 Å². The van der Waals surface area contributed by atoms with Crippen molar-refractivity contribution in [3.63, 3.8) is 0 Å². The molecule has 0 spiro atoms. The lowest BCUT2D eigenvalue weighted by atomic mass is 10.2. The third-order valence-corrected chi connectivity index (χ3v) is 2.68. The molecule has 4 heteroatoms. The van der Waals surface area contributed by atoms with Gasteiger partial charge in [-0.1, -0.05) is 11.6 Å². The molecule has 1 heterocycles. The lowest BCUT2D eigenvalue weighted by molar-refractivity contribution is 1.21. The van der Waals surface area contributed by atoms with Gasteiger partial charge in [-0.2, -0.15) is 0 Å². The van der Waals surface area contributed by atoms with E-state index in [-0.39, 0.29) is 0 Å². The first-order chi connectivity index (χ1) is 5.77. The number of nitrogens with zero attached hydrogens (tertiary/aromatic N) is 2. The fourth-order valence-electron chi connectivity index (χ4n) is 0.922. The molecular formula is C8H3BrClN2. The molecule has 1 radical (unpaired) electrons. The Kier molecular flexibility index (Phi) is 1.98. The van der Waals surface area contributed by atoms with Gasteiger partial charge < -0.3 is 0 Å². The molecule has 0 N–H and O–H groups in total. The first-order valence-corrected chi connectivity index (χ1v) is 4.42. The highest BCUT2D eigenvalue weighted by Gasteiger charge is 2.00. The highest BCUT2D eigenvalue weighted by Crippen LogP contribution is 2.26. The largest absolute Gasteiger partial charge is 0.236 e. The maximum Gasteiger partial charge on any atom is 0.116 e. The van der Waals surface area contributed by atoms with Crippen LogP contribution in [0, 0.1) is 6.20 Å². The van der Waals surface area contributed by atoms with E-state index in [1.54, 1.807) is 6.07 Å². The predicted octanol–water partition coefficient (Wildman–Crippen LogP) is 2.85. The second kappa shape index (κ2) is 2.99. The van der Waals surface area contributed by atoms with Crippen LogP contribution >= 0.6 is 27.5 Å². The summed E-state index contributed by atoms with van der Waals surface area (Å²) >= 11 is 9.18. The van der Waals surface area contributed by atoms with Crippen LogP contribution in [0.5, 0.6) is 0 Å². The Hall–Kier alpha value is -0.670. The van der Waals surface area contributed by atoms with Gasteiger partial charge in [0.05, 0.1) is 10.5 Å². The van der Waals surface area contributed by atoms with Crippen molar-refractivity contribution in [2.24, 2.45) is 0 Å². The van der Waals surface area contributed by atoms with Gasteiger partial charge in [0.15, 0.2) is 0 Å². The Bertz CT molecular complexity index is 390. The number of hydrogen-bond acceptors (Lipinski definition) is 2. The van der Waals surface area contributed by atoms with Gasteiger partial charge >= 0.3 is 0 Å². The fraction of sp³-hybridized carbons (Fsp3) is 0. The summed E-state index contributed by atoms with van der Waals surface area (Å²) in [6.07, 6.45) is 4.27. The van der Waals surface area contributed by atoms with E-state index < -0.39 is 0 Å². The number of hydrogen-bond donors (Lipinski definition) is 0. The predicted molar refractivity (Wildman–Crippen MR) is 51.1 cm³/mol. The molecule has 1 aromatic carbocycles. The molecule has 0 fully saturated rings. The molecule has 0 aliphatic heterocycles. The van der Waals surface area contributed by atoms with Crippen LogP contribution < -0.4 is 0 Å². The number of rotatable bonds is 0. The summed E-state index contributed by atoms with van der Waals surface area (Å²) in [6, 6.07) is 3.62.